The van der Waals surface area contributed by atoms with Crippen LogP contribution in [0.1, 0.15) is 48.0 Å². The summed E-state index contributed by atoms with van der Waals surface area (Å²) >= 11 is 3.40. The predicted octanol–water partition coefficient (Wildman–Crippen LogP) is 2.40. The molecule has 0 spiro atoms. The van der Waals surface area contributed by atoms with Gasteiger partial charge < -0.3 is 19.3 Å². The summed E-state index contributed by atoms with van der Waals surface area (Å²) in [6.45, 7) is 10.1. The lowest BCUT2D eigenvalue weighted by atomic mass is 9.78. The van der Waals surface area contributed by atoms with E-state index in [0.717, 1.165) is 0 Å². The number of hydrogen-bond acceptors (Lipinski definition) is 6. The van der Waals surface area contributed by atoms with Crippen LogP contribution < -0.4 is 0 Å². The lowest BCUT2D eigenvalue weighted by molar-refractivity contribution is -0.229. The van der Waals surface area contributed by atoms with Crippen LogP contribution in [0.2, 0.25) is 0 Å². The first kappa shape index (κ1) is 20.4. The van der Waals surface area contributed by atoms with Crippen molar-refractivity contribution in [3.63, 3.8) is 0 Å². The van der Waals surface area contributed by atoms with E-state index >= 15 is 0 Å². The Morgan fingerprint density at radius 1 is 1.22 bits per heavy atom. The first-order chi connectivity index (χ1) is 10.5. The Bertz CT molecular complexity index is 438. The number of aliphatic hydroxyl groups is 1. The molecular weight excluding hydrogens is 368 g/mol. The van der Waals surface area contributed by atoms with Crippen LogP contribution in [0.4, 0.5) is 0 Å². The van der Waals surface area contributed by atoms with E-state index in [-0.39, 0.29) is 11.8 Å². The van der Waals surface area contributed by atoms with Crippen molar-refractivity contribution in [3.8, 4) is 0 Å². The molecule has 0 aliphatic carbocycles. The van der Waals surface area contributed by atoms with Gasteiger partial charge in [-0.2, -0.15) is 0 Å². The maximum Gasteiger partial charge on any atom is 0.303 e. The average molecular weight is 395 g/mol. The molecule has 1 aliphatic heterocycles. The molecule has 2 unspecified atom stereocenters. The quantitative estimate of drug-likeness (QED) is 0.569. The fraction of sp³-hybridized carbons (Fsp3) is 0.875. The van der Waals surface area contributed by atoms with Crippen molar-refractivity contribution in [1.29, 1.82) is 0 Å². The van der Waals surface area contributed by atoms with Crippen LogP contribution in [0, 0.1) is 11.8 Å². The molecule has 0 aromatic carbocycles. The van der Waals surface area contributed by atoms with E-state index in [0.29, 0.717) is 6.42 Å². The molecule has 23 heavy (non-hydrogen) atoms. The monoisotopic (exact) mass is 394 g/mol. The fourth-order valence-corrected chi connectivity index (χ4v) is 3.64. The highest BCUT2D eigenvalue weighted by atomic mass is 79.9. The fourth-order valence-electron chi connectivity index (χ4n) is 3.01. The third-order valence-corrected chi connectivity index (χ3v) is 5.11. The predicted molar refractivity (Wildman–Crippen MR) is 87.9 cm³/mol. The second kappa shape index (κ2) is 7.94. The summed E-state index contributed by atoms with van der Waals surface area (Å²) in [6.07, 6.45) is -2.07. The number of ether oxygens (including phenoxy) is 3. The summed E-state index contributed by atoms with van der Waals surface area (Å²) in [6, 6.07) is 0. The van der Waals surface area contributed by atoms with Crippen molar-refractivity contribution < 1.29 is 28.9 Å². The molecule has 134 valence electrons. The zero-order valence-corrected chi connectivity index (χ0v) is 16.1. The topological polar surface area (TPSA) is 82.1 Å². The van der Waals surface area contributed by atoms with Crippen molar-refractivity contribution >= 4 is 27.9 Å². The molecular formula is C16H27BrO6. The van der Waals surface area contributed by atoms with Crippen LogP contribution in [0.15, 0.2) is 0 Å². The van der Waals surface area contributed by atoms with Crippen molar-refractivity contribution in [1.82, 2.24) is 0 Å². The van der Waals surface area contributed by atoms with Gasteiger partial charge in [0.2, 0.25) is 0 Å². The van der Waals surface area contributed by atoms with Gasteiger partial charge in [0.15, 0.2) is 6.10 Å². The highest BCUT2D eigenvalue weighted by molar-refractivity contribution is 9.10. The number of aliphatic hydroxyl groups excluding tert-OH is 1. The van der Waals surface area contributed by atoms with Gasteiger partial charge in [-0.05, 0) is 25.2 Å². The van der Waals surface area contributed by atoms with Gasteiger partial charge in [-0.1, -0.05) is 36.7 Å². The van der Waals surface area contributed by atoms with E-state index in [9.17, 15) is 14.7 Å². The number of carbonyl (C=O) groups excluding carboxylic acids is 2. The molecule has 7 heteroatoms. The van der Waals surface area contributed by atoms with E-state index in [1.54, 1.807) is 6.92 Å². The molecule has 1 heterocycles. The lowest BCUT2D eigenvalue weighted by Crippen LogP contribution is -2.59. The molecule has 0 radical (unpaired) electrons. The molecule has 6 nitrogen and oxygen atoms in total. The molecule has 1 saturated heterocycles. The average Bonchev–Trinajstić information content (AvgIpc) is 2.44. The van der Waals surface area contributed by atoms with Crippen molar-refractivity contribution in [2.45, 2.75) is 76.9 Å². The van der Waals surface area contributed by atoms with E-state index < -0.39 is 40.9 Å². The Morgan fingerprint density at radius 3 is 2.17 bits per heavy atom. The third kappa shape index (κ3) is 4.90. The van der Waals surface area contributed by atoms with Crippen LogP contribution >= 0.6 is 15.9 Å². The van der Waals surface area contributed by atoms with E-state index in [1.807, 2.05) is 20.8 Å². The number of halogens is 1. The third-order valence-electron chi connectivity index (χ3n) is 4.45. The van der Waals surface area contributed by atoms with Gasteiger partial charge in [-0.25, -0.2) is 0 Å². The zero-order valence-electron chi connectivity index (χ0n) is 14.5. The number of alkyl halides is 1. The van der Waals surface area contributed by atoms with Gasteiger partial charge in [0.05, 0.1) is 6.10 Å². The minimum Gasteiger partial charge on any atom is -0.459 e. The molecule has 0 amide bonds. The van der Waals surface area contributed by atoms with Crippen molar-refractivity contribution in [3.05, 3.63) is 0 Å². The van der Waals surface area contributed by atoms with E-state index in [2.05, 4.69) is 15.9 Å². The molecule has 0 bridgehead atoms. The summed E-state index contributed by atoms with van der Waals surface area (Å²) in [5.74, 6) is -1.09. The Balaban J connectivity index is 3.13. The molecule has 1 rings (SSSR count). The van der Waals surface area contributed by atoms with Crippen molar-refractivity contribution in [2.24, 2.45) is 11.8 Å². The van der Waals surface area contributed by atoms with E-state index in [1.165, 1.54) is 13.8 Å². The molecule has 0 aromatic heterocycles. The second-order valence-electron chi connectivity index (χ2n) is 6.36. The molecule has 1 fully saturated rings. The summed E-state index contributed by atoms with van der Waals surface area (Å²) in [7, 11) is 0. The van der Waals surface area contributed by atoms with Crippen LogP contribution in [-0.4, -0.2) is 46.0 Å². The Kier molecular flexibility index (Phi) is 7.04. The maximum absolute atomic E-state index is 11.5. The van der Waals surface area contributed by atoms with Gasteiger partial charge >= 0.3 is 11.9 Å². The highest BCUT2D eigenvalue weighted by Crippen LogP contribution is 2.42. The van der Waals surface area contributed by atoms with E-state index in [4.69, 9.17) is 14.2 Å². The van der Waals surface area contributed by atoms with Gasteiger partial charge in [0, 0.05) is 13.8 Å². The SMILES string of the molecule is CC[C@@H](OC(C)=O)[C@@H](OC(C)=O)C1O[C@@](C)(Br)C(O)[C@@H](C)[C@H]1C. The molecule has 1 N–H and O–H groups in total. The number of rotatable bonds is 5. The summed E-state index contributed by atoms with van der Waals surface area (Å²) in [4.78, 5) is 22.9. The minimum absolute atomic E-state index is 0.0917. The number of carbonyl (C=O) groups is 2. The standard InChI is InChI=1S/C16H27BrO6/c1-7-12(21-10(4)18)14(22-11(5)19)13-8(2)9(3)15(20)16(6,17)23-13/h8-9,12-15,20H,7H2,1-6H3/t8-,9+,12-,13?,14-,15?,16-/m1/s1. The van der Waals surface area contributed by atoms with Gasteiger partial charge in [-0.3, -0.25) is 9.59 Å². The molecule has 7 atom stereocenters. The normalized spacial score (nSPS) is 36.9. The van der Waals surface area contributed by atoms with Crippen LogP contribution in [0.5, 0.6) is 0 Å². The maximum atomic E-state index is 11.5. The number of esters is 2. The Hall–Kier alpha value is -0.660. The van der Waals surface area contributed by atoms with Gasteiger partial charge in [-0.15, -0.1) is 0 Å². The minimum atomic E-state index is -0.962. The zero-order chi connectivity index (χ0) is 17.9. The highest BCUT2D eigenvalue weighted by Gasteiger charge is 2.51. The van der Waals surface area contributed by atoms with Gasteiger partial charge in [0.1, 0.15) is 16.7 Å². The largest absolute Gasteiger partial charge is 0.459 e. The van der Waals surface area contributed by atoms with Crippen LogP contribution in [0.25, 0.3) is 0 Å². The second-order valence-corrected chi connectivity index (χ2v) is 7.94. The van der Waals surface area contributed by atoms with Crippen molar-refractivity contribution in [2.75, 3.05) is 0 Å². The molecule has 0 saturated carbocycles. The van der Waals surface area contributed by atoms with Crippen LogP contribution in [0.3, 0.4) is 0 Å². The van der Waals surface area contributed by atoms with Gasteiger partial charge in [0.25, 0.3) is 0 Å². The Morgan fingerprint density at radius 2 is 1.74 bits per heavy atom. The van der Waals surface area contributed by atoms with Crippen LogP contribution in [-0.2, 0) is 23.8 Å². The number of hydrogen-bond donors (Lipinski definition) is 1. The summed E-state index contributed by atoms with van der Waals surface area (Å²) < 4.78 is 15.8. The smallest absolute Gasteiger partial charge is 0.303 e. The lowest BCUT2D eigenvalue weighted by Gasteiger charge is -2.49. The molecule has 1 aliphatic rings. The first-order valence-corrected chi connectivity index (χ1v) is 8.69. The molecule has 0 aromatic rings. The summed E-state index contributed by atoms with van der Waals surface area (Å²) in [5.41, 5.74) is 0. The first-order valence-electron chi connectivity index (χ1n) is 7.90. The Labute approximate surface area is 146 Å². The summed E-state index contributed by atoms with van der Waals surface area (Å²) in [5, 5.41) is 10.3.